The molecule has 6 unspecified atom stereocenters. The highest BCUT2D eigenvalue weighted by Gasteiger charge is 2.50. The Bertz CT molecular complexity index is 1890. The zero-order valence-corrected chi connectivity index (χ0v) is 28.7. The molecule has 242 valence electrons. The van der Waals surface area contributed by atoms with Crippen molar-refractivity contribution in [2.45, 2.75) is 70.9 Å². The molecule has 7 aliphatic rings. The third-order valence-electron chi connectivity index (χ3n) is 12.6. The number of rotatable bonds is 5. The largest absolute Gasteiger partial charge is 0.337 e. The van der Waals surface area contributed by atoms with E-state index in [4.69, 9.17) is 0 Å². The average molecular weight is 629 g/mol. The zero-order valence-electron chi connectivity index (χ0n) is 28.7. The van der Waals surface area contributed by atoms with Crippen LogP contribution in [-0.2, 0) is 0 Å². The lowest BCUT2D eigenvalue weighted by molar-refractivity contribution is 0.331. The SMILES string of the molecule is CC1(C)C2=CC(C)(N(C3=CCC(C4=CC5C6=C(CCC=C6)N(c6ccccc6)C5C=C4)CC3)c3ccccc3)CC=C2C2C=CC=CC21. The van der Waals surface area contributed by atoms with Gasteiger partial charge in [0.05, 0.1) is 11.6 Å². The summed E-state index contributed by atoms with van der Waals surface area (Å²) < 4.78 is 0. The van der Waals surface area contributed by atoms with Crippen molar-refractivity contribution in [1.82, 2.24) is 0 Å². The van der Waals surface area contributed by atoms with Gasteiger partial charge in [0.15, 0.2) is 0 Å². The lowest BCUT2D eigenvalue weighted by Crippen LogP contribution is -2.46. The van der Waals surface area contributed by atoms with Gasteiger partial charge in [0.25, 0.3) is 0 Å². The summed E-state index contributed by atoms with van der Waals surface area (Å²) in [5, 5.41) is 0. The lowest BCUT2D eigenvalue weighted by atomic mass is 9.73. The monoisotopic (exact) mass is 628 g/mol. The molecule has 0 spiro atoms. The van der Waals surface area contributed by atoms with Gasteiger partial charge in [-0.15, -0.1) is 0 Å². The molecule has 0 N–H and O–H groups in total. The molecule has 2 aromatic carbocycles. The molecule has 2 heteroatoms. The molecule has 2 nitrogen and oxygen atoms in total. The maximum Gasteiger partial charge on any atom is 0.0642 e. The van der Waals surface area contributed by atoms with Crippen LogP contribution in [0.2, 0.25) is 0 Å². The van der Waals surface area contributed by atoms with Gasteiger partial charge in [-0.2, -0.15) is 0 Å². The lowest BCUT2D eigenvalue weighted by Gasteiger charge is -2.46. The van der Waals surface area contributed by atoms with Gasteiger partial charge in [0.2, 0.25) is 0 Å². The molecule has 1 fully saturated rings. The third-order valence-corrected chi connectivity index (χ3v) is 12.6. The normalized spacial score (nSPS) is 32.5. The Labute approximate surface area is 287 Å². The number of anilines is 2. The van der Waals surface area contributed by atoms with Gasteiger partial charge in [0, 0.05) is 34.6 Å². The van der Waals surface area contributed by atoms with Crippen molar-refractivity contribution in [2.24, 2.45) is 29.1 Å². The highest BCUT2D eigenvalue weighted by molar-refractivity contribution is 5.65. The topological polar surface area (TPSA) is 6.48 Å². The van der Waals surface area contributed by atoms with E-state index in [1.165, 1.54) is 40.3 Å². The van der Waals surface area contributed by atoms with Crippen molar-refractivity contribution >= 4 is 11.4 Å². The molecule has 1 saturated carbocycles. The minimum Gasteiger partial charge on any atom is -0.337 e. The number of hydrogen-bond acceptors (Lipinski definition) is 2. The van der Waals surface area contributed by atoms with Crippen LogP contribution in [0.15, 0.2) is 167 Å². The molecule has 0 bridgehead atoms. The maximum absolute atomic E-state index is 2.70. The second-order valence-corrected chi connectivity index (χ2v) is 15.8. The highest BCUT2D eigenvalue weighted by atomic mass is 15.2. The van der Waals surface area contributed by atoms with Gasteiger partial charge in [-0.1, -0.05) is 123 Å². The molecule has 0 saturated heterocycles. The molecule has 6 aliphatic carbocycles. The fraction of sp³-hybridized carbons (Fsp3) is 0.348. The van der Waals surface area contributed by atoms with Gasteiger partial charge in [-0.3, -0.25) is 0 Å². The molecule has 0 radical (unpaired) electrons. The first kappa shape index (κ1) is 29.8. The number of nitrogens with zero attached hydrogens (tertiary/aromatic N) is 2. The van der Waals surface area contributed by atoms with E-state index >= 15 is 0 Å². The van der Waals surface area contributed by atoms with Gasteiger partial charge < -0.3 is 9.80 Å². The van der Waals surface area contributed by atoms with Crippen LogP contribution in [0.1, 0.15) is 59.3 Å². The molecular formula is C46H48N2. The third kappa shape index (κ3) is 4.66. The van der Waals surface area contributed by atoms with E-state index in [1.807, 2.05) is 0 Å². The Kier molecular flexibility index (Phi) is 7.08. The number of allylic oxidation sites excluding steroid dienone is 13. The average Bonchev–Trinajstić information content (AvgIpc) is 3.57. The van der Waals surface area contributed by atoms with Gasteiger partial charge in [-0.05, 0) is 109 Å². The molecular weight excluding hydrogens is 581 g/mol. The summed E-state index contributed by atoms with van der Waals surface area (Å²) in [6, 6.07) is 22.6. The first-order valence-corrected chi connectivity index (χ1v) is 18.4. The van der Waals surface area contributed by atoms with Crippen LogP contribution in [0.25, 0.3) is 0 Å². The fourth-order valence-corrected chi connectivity index (χ4v) is 10.2. The Morgan fingerprint density at radius 2 is 1.60 bits per heavy atom. The van der Waals surface area contributed by atoms with E-state index < -0.39 is 0 Å². The second-order valence-electron chi connectivity index (χ2n) is 15.8. The fourth-order valence-electron chi connectivity index (χ4n) is 10.2. The summed E-state index contributed by atoms with van der Waals surface area (Å²) in [6.07, 6.45) is 36.3. The highest BCUT2D eigenvalue weighted by Crippen LogP contribution is 2.58. The molecule has 1 aliphatic heterocycles. The van der Waals surface area contributed by atoms with Crippen molar-refractivity contribution in [2.75, 3.05) is 9.80 Å². The summed E-state index contributed by atoms with van der Waals surface area (Å²) in [5.74, 6) is 2.03. The number of benzene rings is 2. The van der Waals surface area contributed by atoms with Crippen molar-refractivity contribution < 1.29 is 0 Å². The number of fused-ring (bicyclic) bond motifs is 5. The first-order valence-electron chi connectivity index (χ1n) is 18.4. The van der Waals surface area contributed by atoms with Crippen molar-refractivity contribution in [3.05, 3.63) is 167 Å². The van der Waals surface area contributed by atoms with Crippen LogP contribution < -0.4 is 9.80 Å². The Morgan fingerprint density at radius 3 is 2.40 bits per heavy atom. The van der Waals surface area contributed by atoms with Crippen LogP contribution in [0.3, 0.4) is 0 Å². The molecule has 6 atom stereocenters. The van der Waals surface area contributed by atoms with Crippen LogP contribution in [-0.4, -0.2) is 11.6 Å². The smallest absolute Gasteiger partial charge is 0.0642 e. The number of hydrogen-bond donors (Lipinski definition) is 0. The van der Waals surface area contributed by atoms with E-state index in [-0.39, 0.29) is 11.0 Å². The van der Waals surface area contributed by atoms with E-state index in [1.54, 1.807) is 11.1 Å². The first-order chi connectivity index (χ1) is 23.4. The van der Waals surface area contributed by atoms with Crippen LogP contribution in [0.5, 0.6) is 0 Å². The predicted octanol–water partition coefficient (Wildman–Crippen LogP) is 11.2. The summed E-state index contributed by atoms with van der Waals surface area (Å²) >= 11 is 0. The van der Waals surface area contributed by atoms with E-state index in [0.717, 1.165) is 32.1 Å². The van der Waals surface area contributed by atoms with Crippen molar-refractivity contribution in [1.29, 1.82) is 0 Å². The van der Waals surface area contributed by atoms with E-state index in [0.29, 0.717) is 29.7 Å². The quantitative estimate of drug-likeness (QED) is 0.325. The minimum absolute atomic E-state index is 0.116. The summed E-state index contributed by atoms with van der Waals surface area (Å²) in [5.41, 5.74) is 11.8. The van der Waals surface area contributed by atoms with Crippen LogP contribution in [0, 0.1) is 29.1 Å². The van der Waals surface area contributed by atoms with E-state index in [2.05, 4.69) is 164 Å². The predicted molar refractivity (Wildman–Crippen MR) is 201 cm³/mol. The van der Waals surface area contributed by atoms with E-state index in [9.17, 15) is 0 Å². The molecule has 2 aromatic rings. The van der Waals surface area contributed by atoms with Crippen molar-refractivity contribution in [3.8, 4) is 0 Å². The second kappa shape index (κ2) is 11.4. The molecule has 0 aromatic heterocycles. The Balaban J connectivity index is 1.01. The summed E-state index contributed by atoms with van der Waals surface area (Å²) in [7, 11) is 0. The summed E-state index contributed by atoms with van der Waals surface area (Å²) in [4.78, 5) is 5.32. The van der Waals surface area contributed by atoms with Gasteiger partial charge in [0.1, 0.15) is 0 Å². The Morgan fingerprint density at radius 1 is 0.812 bits per heavy atom. The minimum atomic E-state index is -0.116. The standard InChI is InChI=1S/C46H48N2/c1-45(2)41-20-12-10-18-37(41)38-28-29-46(3,31-42(38)45)48(35-16-8-5-9-17-35)36-25-22-32(23-26-36)33-24-27-44-40(30-33)39-19-11-13-21-43(39)47(44)34-14-6-4-7-15-34/h4-12,14-20,24-25,27-28,30-32,37,40-41,44H,13,21-23,26,29H2,1-3H3. The van der Waals surface area contributed by atoms with Crippen molar-refractivity contribution in [3.63, 3.8) is 0 Å². The number of para-hydroxylation sites is 2. The zero-order chi connectivity index (χ0) is 32.5. The maximum atomic E-state index is 2.70. The molecule has 1 heterocycles. The Hall–Kier alpha value is -4.30. The van der Waals surface area contributed by atoms with Crippen LogP contribution >= 0.6 is 0 Å². The molecule has 9 rings (SSSR count). The van der Waals surface area contributed by atoms with Gasteiger partial charge >= 0.3 is 0 Å². The van der Waals surface area contributed by atoms with Crippen LogP contribution in [0.4, 0.5) is 11.4 Å². The molecule has 48 heavy (non-hydrogen) atoms. The van der Waals surface area contributed by atoms with Gasteiger partial charge in [-0.25, -0.2) is 0 Å². The molecule has 0 amide bonds. The summed E-state index contributed by atoms with van der Waals surface area (Å²) in [6.45, 7) is 7.40.